The van der Waals surface area contributed by atoms with Crippen molar-refractivity contribution >= 4 is 34.9 Å². The Labute approximate surface area is 138 Å². The molecular weight excluding hydrogens is 316 g/mol. The highest BCUT2D eigenvalue weighted by Crippen LogP contribution is 2.10. The zero-order valence-corrected chi connectivity index (χ0v) is 13.2. The molecule has 0 saturated carbocycles. The van der Waals surface area contributed by atoms with Crippen LogP contribution in [0, 0.1) is 0 Å². The van der Waals surface area contributed by atoms with E-state index in [1.807, 2.05) is 0 Å². The van der Waals surface area contributed by atoms with Gasteiger partial charge in [0.2, 0.25) is 0 Å². The number of rotatable bonds is 4. The van der Waals surface area contributed by atoms with Crippen molar-refractivity contribution in [3.8, 4) is 0 Å². The Morgan fingerprint density at radius 2 is 1.52 bits per heavy atom. The molecule has 0 aliphatic carbocycles. The number of benzene rings is 2. The van der Waals surface area contributed by atoms with Gasteiger partial charge in [0.25, 0.3) is 0 Å². The Balaban J connectivity index is 1.88. The maximum Gasteiger partial charge on any atom is 0.313 e. The molecule has 0 saturated heterocycles. The molecule has 2 N–H and O–H groups in total. The molecule has 0 bridgehead atoms. The van der Waals surface area contributed by atoms with Crippen LogP contribution in [0.25, 0.3) is 0 Å². The van der Waals surface area contributed by atoms with Gasteiger partial charge in [-0.2, -0.15) is 0 Å². The standard InChI is InChI=1S/C17H15ClN2O3/c1-11(21)13-4-8-15(9-5-13)20-17(23)16(22)19-10-12-2-6-14(18)7-3-12/h2-9H,10H2,1H3,(H,19,22)(H,20,23). The second kappa shape index (κ2) is 7.56. The van der Waals surface area contributed by atoms with Gasteiger partial charge in [-0.25, -0.2) is 0 Å². The van der Waals surface area contributed by atoms with Gasteiger partial charge in [-0.1, -0.05) is 23.7 Å². The van der Waals surface area contributed by atoms with Gasteiger partial charge in [-0.05, 0) is 48.9 Å². The van der Waals surface area contributed by atoms with Crippen LogP contribution in [0.15, 0.2) is 48.5 Å². The fraction of sp³-hybridized carbons (Fsp3) is 0.118. The minimum Gasteiger partial charge on any atom is -0.344 e. The summed E-state index contributed by atoms with van der Waals surface area (Å²) in [6.45, 7) is 1.69. The van der Waals surface area contributed by atoms with Gasteiger partial charge < -0.3 is 10.6 Å². The quantitative estimate of drug-likeness (QED) is 0.668. The third-order valence-electron chi connectivity index (χ3n) is 3.12. The lowest BCUT2D eigenvalue weighted by molar-refractivity contribution is -0.136. The zero-order valence-electron chi connectivity index (χ0n) is 12.4. The van der Waals surface area contributed by atoms with Crippen molar-refractivity contribution in [2.45, 2.75) is 13.5 Å². The number of halogens is 1. The summed E-state index contributed by atoms with van der Waals surface area (Å²) in [5.41, 5.74) is 1.82. The minimum absolute atomic E-state index is 0.0661. The van der Waals surface area contributed by atoms with E-state index in [9.17, 15) is 14.4 Å². The van der Waals surface area contributed by atoms with Gasteiger partial charge >= 0.3 is 11.8 Å². The number of hydrogen-bond acceptors (Lipinski definition) is 3. The Bertz CT molecular complexity index is 725. The van der Waals surface area contributed by atoms with Crippen molar-refractivity contribution in [2.24, 2.45) is 0 Å². The van der Waals surface area contributed by atoms with Crippen LogP contribution in [0.5, 0.6) is 0 Å². The minimum atomic E-state index is -0.769. The van der Waals surface area contributed by atoms with Crippen molar-refractivity contribution in [1.29, 1.82) is 0 Å². The zero-order chi connectivity index (χ0) is 16.8. The molecule has 23 heavy (non-hydrogen) atoms. The van der Waals surface area contributed by atoms with E-state index in [0.29, 0.717) is 16.3 Å². The van der Waals surface area contributed by atoms with Gasteiger partial charge in [0.15, 0.2) is 5.78 Å². The van der Waals surface area contributed by atoms with Gasteiger partial charge in [0, 0.05) is 22.8 Å². The van der Waals surface area contributed by atoms with E-state index in [2.05, 4.69) is 10.6 Å². The highest BCUT2D eigenvalue weighted by molar-refractivity contribution is 6.39. The monoisotopic (exact) mass is 330 g/mol. The lowest BCUT2D eigenvalue weighted by Crippen LogP contribution is -2.34. The topological polar surface area (TPSA) is 75.3 Å². The predicted molar refractivity (Wildman–Crippen MR) is 88.4 cm³/mol. The number of Topliss-reactive ketones (excluding diaryl/α,β-unsaturated/α-hetero) is 1. The average molecular weight is 331 g/mol. The molecule has 0 atom stereocenters. The number of nitrogens with one attached hydrogen (secondary N) is 2. The molecule has 6 heteroatoms. The Morgan fingerprint density at radius 3 is 2.09 bits per heavy atom. The molecule has 0 unspecified atom stereocenters. The second-order valence-corrected chi connectivity index (χ2v) is 5.33. The third kappa shape index (κ3) is 4.93. The van der Waals surface area contributed by atoms with Gasteiger partial charge in [0.05, 0.1) is 0 Å². The molecule has 118 valence electrons. The van der Waals surface area contributed by atoms with E-state index in [0.717, 1.165) is 5.56 Å². The summed E-state index contributed by atoms with van der Waals surface area (Å²) < 4.78 is 0. The Morgan fingerprint density at radius 1 is 0.913 bits per heavy atom. The highest BCUT2D eigenvalue weighted by Gasteiger charge is 2.13. The van der Waals surface area contributed by atoms with Crippen molar-refractivity contribution in [3.63, 3.8) is 0 Å². The fourth-order valence-corrected chi connectivity index (χ4v) is 1.97. The van der Waals surface area contributed by atoms with E-state index < -0.39 is 11.8 Å². The summed E-state index contributed by atoms with van der Waals surface area (Å²) in [4.78, 5) is 34.7. The van der Waals surface area contributed by atoms with Gasteiger partial charge in [-0.3, -0.25) is 14.4 Å². The maximum absolute atomic E-state index is 11.8. The number of carbonyl (C=O) groups excluding carboxylic acids is 3. The molecule has 5 nitrogen and oxygen atoms in total. The number of ketones is 1. The highest BCUT2D eigenvalue weighted by atomic mass is 35.5. The summed E-state index contributed by atoms with van der Waals surface area (Å²) in [6, 6.07) is 13.3. The lowest BCUT2D eigenvalue weighted by atomic mass is 10.1. The smallest absolute Gasteiger partial charge is 0.313 e. The van der Waals surface area contributed by atoms with Crippen LogP contribution in [-0.2, 0) is 16.1 Å². The molecule has 0 aromatic heterocycles. The van der Waals surface area contributed by atoms with Crippen LogP contribution in [0.2, 0.25) is 5.02 Å². The molecule has 0 radical (unpaired) electrons. The van der Waals surface area contributed by atoms with E-state index in [4.69, 9.17) is 11.6 Å². The first kappa shape index (κ1) is 16.7. The molecule has 2 aromatic carbocycles. The van der Waals surface area contributed by atoms with E-state index >= 15 is 0 Å². The molecular formula is C17H15ClN2O3. The van der Waals surface area contributed by atoms with E-state index in [1.165, 1.54) is 6.92 Å². The van der Waals surface area contributed by atoms with Crippen LogP contribution in [0.3, 0.4) is 0 Å². The number of hydrogen-bond donors (Lipinski definition) is 2. The van der Waals surface area contributed by atoms with Gasteiger partial charge in [0.1, 0.15) is 0 Å². The summed E-state index contributed by atoms with van der Waals surface area (Å²) >= 11 is 5.77. The molecule has 0 heterocycles. The fourth-order valence-electron chi connectivity index (χ4n) is 1.84. The van der Waals surface area contributed by atoms with Crippen molar-refractivity contribution in [2.75, 3.05) is 5.32 Å². The SMILES string of the molecule is CC(=O)c1ccc(NC(=O)C(=O)NCc2ccc(Cl)cc2)cc1. The number of amides is 2. The lowest BCUT2D eigenvalue weighted by Gasteiger charge is -2.07. The van der Waals surface area contributed by atoms with Crippen LogP contribution >= 0.6 is 11.6 Å². The van der Waals surface area contributed by atoms with Crippen molar-refractivity contribution < 1.29 is 14.4 Å². The van der Waals surface area contributed by atoms with Crippen molar-refractivity contribution in [1.82, 2.24) is 5.32 Å². The second-order valence-electron chi connectivity index (χ2n) is 4.90. The van der Waals surface area contributed by atoms with Crippen LogP contribution < -0.4 is 10.6 Å². The summed E-state index contributed by atoms with van der Waals surface area (Å²) in [7, 11) is 0. The molecule has 0 aliphatic rings. The summed E-state index contributed by atoms with van der Waals surface area (Å²) in [5.74, 6) is -1.58. The van der Waals surface area contributed by atoms with Gasteiger partial charge in [-0.15, -0.1) is 0 Å². The normalized spacial score (nSPS) is 10.0. The maximum atomic E-state index is 11.8. The first-order valence-corrected chi connectivity index (χ1v) is 7.28. The first-order valence-electron chi connectivity index (χ1n) is 6.90. The molecule has 2 aromatic rings. The van der Waals surface area contributed by atoms with Crippen molar-refractivity contribution in [3.05, 3.63) is 64.7 Å². The number of anilines is 1. The van der Waals surface area contributed by atoms with Crippen LogP contribution in [0.1, 0.15) is 22.8 Å². The molecule has 0 aliphatic heterocycles. The Kier molecular flexibility index (Phi) is 5.49. The summed E-state index contributed by atoms with van der Waals surface area (Å²) in [6.07, 6.45) is 0. The van der Waals surface area contributed by atoms with E-state index in [-0.39, 0.29) is 12.3 Å². The molecule has 0 spiro atoms. The average Bonchev–Trinajstić information content (AvgIpc) is 2.54. The predicted octanol–water partition coefficient (Wildman–Crippen LogP) is 2.80. The molecule has 2 rings (SSSR count). The molecule has 0 fully saturated rings. The largest absolute Gasteiger partial charge is 0.344 e. The Hall–Kier alpha value is -2.66. The number of carbonyl (C=O) groups is 3. The third-order valence-corrected chi connectivity index (χ3v) is 3.37. The molecule has 2 amide bonds. The van der Waals surface area contributed by atoms with E-state index in [1.54, 1.807) is 48.5 Å². The first-order chi connectivity index (χ1) is 11.0. The van der Waals surface area contributed by atoms with Crippen LogP contribution in [-0.4, -0.2) is 17.6 Å². The van der Waals surface area contributed by atoms with Crippen LogP contribution in [0.4, 0.5) is 5.69 Å². The summed E-state index contributed by atoms with van der Waals surface area (Å²) in [5, 5.41) is 5.59.